The number of aliphatic imine (C=N–C) groups is 1. The predicted molar refractivity (Wildman–Crippen MR) is 97.9 cm³/mol. The second-order valence-corrected chi connectivity index (χ2v) is 6.60. The minimum Gasteiger partial charge on any atom is -0.475 e. The molecule has 0 unspecified atom stereocenters. The molecule has 136 valence electrons. The quantitative estimate of drug-likeness (QED) is 0.644. The van der Waals surface area contributed by atoms with Crippen LogP contribution in [-0.2, 0) is 10.9 Å². The number of hydrogen-bond acceptors (Lipinski definition) is 2. The van der Waals surface area contributed by atoms with E-state index in [9.17, 15) is 13.2 Å². The number of alkyl halides is 3. The van der Waals surface area contributed by atoms with Crippen molar-refractivity contribution in [2.75, 3.05) is 6.61 Å². The molecule has 2 nitrogen and oxygen atoms in total. The molecular formula is C21H20F3NO. The monoisotopic (exact) mass is 359 g/mol. The third kappa shape index (κ3) is 4.15. The van der Waals surface area contributed by atoms with Crippen molar-refractivity contribution in [1.82, 2.24) is 0 Å². The second kappa shape index (κ2) is 7.36. The van der Waals surface area contributed by atoms with Gasteiger partial charge in [0.15, 0.2) is 0 Å². The molecule has 0 radical (unpaired) electrons. The number of rotatable bonds is 4. The zero-order chi connectivity index (χ0) is 18.7. The minimum atomic E-state index is -4.41. The van der Waals surface area contributed by atoms with Gasteiger partial charge in [-0.2, -0.15) is 13.2 Å². The highest BCUT2D eigenvalue weighted by Crippen LogP contribution is 2.32. The van der Waals surface area contributed by atoms with E-state index in [1.807, 2.05) is 50.3 Å². The summed E-state index contributed by atoms with van der Waals surface area (Å²) in [7, 11) is 0. The highest BCUT2D eigenvalue weighted by molar-refractivity contribution is 5.99. The Hall–Kier alpha value is -2.56. The first kappa shape index (κ1) is 18.2. The molecule has 0 saturated carbocycles. The van der Waals surface area contributed by atoms with Crippen molar-refractivity contribution in [1.29, 1.82) is 0 Å². The van der Waals surface area contributed by atoms with Crippen LogP contribution < -0.4 is 0 Å². The molecule has 3 rings (SSSR count). The standard InChI is InChI=1S/C21H20F3NO/c1-14(2)19-13-26-20(25-19)18-12-17(21(22,23)24)11-10-16(18)9-8-15-6-4-3-5-7-15/h3-12,14,19H,13H2,1-2H3/b9-8+/t19-/m1/s1. The smallest absolute Gasteiger partial charge is 0.416 e. The zero-order valence-electron chi connectivity index (χ0n) is 14.6. The van der Waals surface area contributed by atoms with Gasteiger partial charge in [-0.15, -0.1) is 0 Å². The summed E-state index contributed by atoms with van der Waals surface area (Å²) in [6, 6.07) is 13.2. The van der Waals surface area contributed by atoms with Crippen LogP contribution in [0.4, 0.5) is 13.2 Å². The molecule has 26 heavy (non-hydrogen) atoms. The Morgan fingerprint density at radius 3 is 2.42 bits per heavy atom. The van der Waals surface area contributed by atoms with E-state index >= 15 is 0 Å². The van der Waals surface area contributed by atoms with Crippen LogP contribution in [0.2, 0.25) is 0 Å². The highest BCUT2D eigenvalue weighted by Gasteiger charge is 2.32. The molecule has 1 aliphatic heterocycles. The fourth-order valence-corrected chi connectivity index (χ4v) is 2.69. The Bertz CT molecular complexity index is 823. The van der Waals surface area contributed by atoms with E-state index in [1.165, 1.54) is 6.07 Å². The fourth-order valence-electron chi connectivity index (χ4n) is 2.69. The fraction of sp³-hybridized carbons (Fsp3) is 0.286. The maximum absolute atomic E-state index is 13.1. The van der Waals surface area contributed by atoms with Gasteiger partial charge in [0.1, 0.15) is 6.61 Å². The average Bonchev–Trinajstić information content (AvgIpc) is 3.10. The Morgan fingerprint density at radius 1 is 1.08 bits per heavy atom. The maximum atomic E-state index is 13.1. The van der Waals surface area contributed by atoms with Crippen molar-refractivity contribution in [2.24, 2.45) is 10.9 Å². The van der Waals surface area contributed by atoms with Gasteiger partial charge in [-0.05, 0) is 29.2 Å². The Balaban J connectivity index is 2.01. The first-order valence-electron chi connectivity index (χ1n) is 8.50. The van der Waals surface area contributed by atoms with E-state index in [1.54, 1.807) is 6.08 Å². The van der Waals surface area contributed by atoms with E-state index in [4.69, 9.17) is 4.74 Å². The lowest BCUT2D eigenvalue weighted by molar-refractivity contribution is -0.137. The summed E-state index contributed by atoms with van der Waals surface area (Å²) < 4.78 is 45.1. The lowest BCUT2D eigenvalue weighted by Gasteiger charge is -2.11. The zero-order valence-corrected chi connectivity index (χ0v) is 14.6. The van der Waals surface area contributed by atoms with Crippen LogP contribution in [0.15, 0.2) is 53.5 Å². The molecule has 0 bridgehead atoms. The molecule has 2 aromatic carbocycles. The van der Waals surface area contributed by atoms with Crippen LogP contribution in [0.25, 0.3) is 12.2 Å². The van der Waals surface area contributed by atoms with Gasteiger partial charge >= 0.3 is 6.18 Å². The van der Waals surface area contributed by atoms with E-state index in [0.29, 0.717) is 17.7 Å². The van der Waals surface area contributed by atoms with Crippen molar-refractivity contribution in [2.45, 2.75) is 26.1 Å². The van der Waals surface area contributed by atoms with Crippen molar-refractivity contribution in [3.63, 3.8) is 0 Å². The van der Waals surface area contributed by atoms with Gasteiger partial charge in [0, 0.05) is 5.56 Å². The van der Waals surface area contributed by atoms with Gasteiger partial charge in [-0.3, -0.25) is 0 Å². The number of benzene rings is 2. The first-order chi connectivity index (χ1) is 12.3. The Kier molecular flexibility index (Phi) is 5.16. The van der Waals surface area contributed by atoms with Crippen molar-refractivity contribution in [3.05, 3.63) is 70.8 Å². The molecule has 0 amide bonds. The molecule has 1 aliphatic rings. The van der Waals surface area contributed by atoms with Crippen molar-refractivity contribution in [3.8, 4) is 0 Å². The summed E-state index contributed by atoms with van der Waals surface area (Å²) in [5.74, 6) is 0.545. The summed E-state index contributed by atoms with van der Waals surface area (Å²) in [5, 5.41) is 0. The van der Waals surface area contributed by atoms with Gasteiger partial charge in [0.2, 0.25) is 5.90 Å². The molecule has 1 heterocycles. The van der Waals surface area contributed by atoms with Crippen LogP contribution in [-0.4, -0.2) is 18.5 Å². The topological polar surface area (TPSA) is 21.6 Å². The van der Waals surface area contributed by atoms with Gasteiger partial charge in [-0.1, -0.05) is 62.4 Å². The highest BCUT2D eigenvalue weighted by atomic mass is 19.4. The third-order valence-electron chi connectivity index (χ3n) is 4.31. The first-order valence-corrected chi connectivity index (χ1v) is 8.50. The Labute approximate surface area is 151 Å². The number of ether oxygens (including phenoxy) is 1. The van der Waals surface area contributed by atoms with Crippen molar-refractivity contribution >= 4 is 18.0 Å². The Morgan fingerprint density at radius 2 is 1.81 bits per heavy atom. The lowest BCUT2D eigenvalue weighted by atomic mass is 10.0. The lowest BCUT2D eigenvalue weighted by Crippen LogP contribution is -2.13. The van der Waals surface area contributed by atoms with E-state index < -0.39 is 11.7 Å². The van der Waals surface area contributed by atoms with E-state index in [-0.39, 0.29) is 17.9 Å². The van der Waals surface area contributed by atoms with Crippen LogP contribution >= 0.6 is 0 Å². The van der Waals surface area contributed by atoms with Crippen LogP contribution in [0.5, 0.6) is 0 Å². The molecule has 0 saturated heterocycles. The molecular weight excluding hydrogens is 339 g/mol. The summed E-state index contributed by atoms with van der Waals surface area (Å²) in [6.07, 6.45) is -0.756. The predicted octanol–water partition coefficient (Wildman–Crippen LogP) is 5.68. The molecule has 2 aromatic rings. The molecule has 1 atom stereocenters. The van der Waals surface area contributed by atoms with Gasteiger partial charge in [0.05, 0.1) is 11.6 Å². The summed E-state index contributed by atoms with van der Waals surface area (Å²) in [4.78, 5) is 4.49. The SMILES string of the molecule is CC(C)[C@H]1COC(c2cc(C(F)(F)F)ccc2/C=C/c2ccccc2)=N1. The van der Waals surface area contributed by atoms with Crippen molar-refractivity contribution < 1.29 is 17.9 Å². The molecule has 0 aromatic heterocycles. The summed E-state index contributed by atoms with van der Waals surface area (Å²) >= 11 is 0. The number of halogens is 3. The average molecular weight is 359 g/mol. The normalized spacial score (nSPS) is 17.6. The van der Waals surface area contributed by atoms with Crippen LogP contribution in [0, 0.1) is 5.92 Å². The molecule has 0 aliphatic carbocycles. The van der Waals surface area contributed by atoms with Crippen LogP contribution in [0.3, 0.4) is 0 Å². The molecule has 5 heteroatoms. The van der Waals surface area contributed by atoms with E-state index in [2.05, 4.69) is 4.99 Å². The molecule has 0 spiro atoms. The van der Waals surface area contributed by atoms with E-state index in [0.717, 1.165) is 17.7 Å². The third-order valence-corrected chi connectivity index (χ3v) is 4.31. The minimum absolute atomic E-state index is 0.0366. The summed E-state index contributed by atoms with van der Waals surface area (Å²) in [6.45, 7) is 4.43. The second-order valence-electron chi connectivity index (χ2n) is 6.60. The maximum Gasteiger partial charge on any atom is 0.416 e. The summed E-state index contributed by atoms with van der Waals surface area (Å²) in [5.41, 5.74) is 1.27. The van der Waals surface area contributed by atoms with Gasteiger partial charge < -0.3 is 4.74 Å². The molecule has 0 fully saturated rings. The van der Waals surface area contributed by atoms with Crippen LogP contribution in [0.1, 0.15) is 36.1 Å². The largest absolute Gasteiger partial charge is 0.475 e. The van der Waals surface area contributed by atoms with Gasteiger partial charge in [0.25, 0.3) is 0 Å². The number of hydrogen-bond donors (Lipinski definition) is 0. The molecule has 0 N–H and O–H groups in total. The number of nitrogens with zero attached hydrogens (tertiary/aromatic N) is 1. The van der Waals surface area contributed by atoms with Gasteiger partial charge in [-0.25, -0.2) is 4.99 Å².